The van der Waals surface area contributed by atoms with Gasteiger partial charge in [0.2, 0.25) is 11.8 Å². The average molecular weight is 315 g/mol. The van der Waals surface area contributed by atoms with Gasteiger partial charge in [0.15, 0.2) is 0 Å². The zero-order valence-electron chi connectivity index (χ0n) is 13.8. The van der Waals surface area contributed by atoms with Crippen LogP contribution in [-0.2, 0) is 9.59 Å². The number of anilines is 1. The van der Waals surface area contributed by atoms with Gasteiger partial charge in [0.05, 0.1) is 6.54 Å². The van der Waals surface area contributed by atoms with E-state index in [1.807, 2.05) is 36.1 Å². The molecular formula is C18H25N3O2. The summed E-state index contributed by atoms with van der Waals surface area (Å²) in [6.07, 6.45) is 3.05. The van der Waals surface area contributed by atoms with Gasteiger partial charge in [0.1, 0.15) is 0 Å². The third kappa shape index (κ3) is 4.55. The van der Waals surface area contributed by atoms with Gasteiger partial charge in [0.25, 0.3) is 0 Å². The molecule has 0 aromatic heterocycles. The Bertz CT molecular complexity index is 566. The van der Waals surface area contributed by atoms with Gasteiger partial charge < -0.3 is 10.2 Å². The molecule has 5 heteroatoms. The Morgan fingerprint density at radius 3 is 2.52 bits per heavy atom. The van der Waals surface area contributed by atoms with Crippen LogP contribution in [0.5, 0.6) is 0 Å². The number of rotatable bonds is 4. The van der Waals surface area contributed by atoms with Crippen molar-refractivity contribution in [2.75, 3.05) is 38.0 Å². The normalized spacial score (nSPS) is 19.3. The Balaban J connectivity index is 1.46. The number of carbonyl (C=O) groups is 2. The Hall–Kier alpha value is -1.88. The van der Waals surface area contributed by atoms with E-state index in [9.17, 15) is 9.59 Å². The van der Waals surface area contributed by atoms with E-state index in [0.717, 1.165) is 51.1 Å². The molecule has 1 aliphatic carbocycles. The van der Waals surface area contributed by atoms with Crippen molar-refractivity contribution in [2.45, 2.75) is 26.2 Å². The SMILES string of the molecule is Cc1ccc(NC(=O)CN2CCCN(C(=O)C3CC3)CC2)cc1. The highest BCUT2D eigenvalue weighted by atomic mass is 16.2. The zero-order chi connectivity index (χ0) is 16.2. The molecule has 0 atom stereocenters. The molecule has 1 saturated carbocycles. The van der Waals surface area contributed by atoms with Crippen LogP contribution >= 0.6 is 0 Å². The van der Waals surface area contributed by atoms with Gasteiger partial charge in [-0.05, 0) is 38.3 Å². The maximum Gasteiger partial charge on any atom is 0.238 e. The number of carbonyl (C=O) groups excluding carboxylic acids is 2. The maximum absolute atomic E-state index is 12.2. The number of nitrogens with zero attached hydrogens (tertiary/aromatic N) is 2. The number of benzene rings is 1. The van der Waals surface area contributed by atoms with Crippen LogP contribution < -0.4 is 5.32 Å². The first kappa shape index (κ1) is 16.0. The summed E-state index contributed by atoms with van der Waals surface area (Å²) in [6.45, 7) is 5.63. The third-order valence-electron chi connectivity index (χ3n) is 4.53. The first-order valence-corrected chi connectivity index (χ1v) is 8.49. The van der Waals surface area contributed by atoms with E-state index in [4.69, 9.17) is 0 Å². The number of aryl methyl sites for hydroxylation is 1. The van der Waals surface area contributed by atoms with Gasteiger partial charge in [-0.2, -0.15) is 0 Å². The third-order valence-corrected chi connectivity index (χ3v) is 4.53. The fourth-order valence-corrected chi connectivity index (χ4v) is 2.98. The van der Waals surface area contributed by atoms with E-state index in [1.54, 1.807) is 0 Å². The second-order valence-electron chi connectivity index (χ2n) is 6.64. The number of hydrogen-bond donors (Lipinski definition) is 1. The molecule has 3 rings (SSSR count). The first-order valence-electron chi connectivity index (χ1n) is 8.49. The quantitative estimate of drug-likeness (QED) is 0.923. The molecule has 2 aliphatic rings. The monoisotopic (exact) mass is 315 g/mol. The van der Waals surface area contributed by atoms with Gasteiger partial charge in [-0.3, -0.25) is 14.5 Å². The summed E-state index contributed by atoms with van der Waals surface area (Å²) in [5.41, 5.74) is 2.01. The van der Waals surface area contributed by atoms with E-state index in [0.29, 0.717) is 12.5 Å². The molecule has 1 aromatic carbocycles. The van der Waals surface area contributed by atoms with Gasteiger partial charge in [0, 0.05) is 37.8 Å². The average Bonchev–Trinajstić information content (AvgIpc) is 3.36. The van der Waals surface area contributed by atoms with Crippen LogP contribution in [0.1, 0.15) is 24.8 Å². The highest BCUT2D eigenvalue weighted by Gasteiger charge is 2.33. The largest absolute Gasteiger partial charge is 0.341 e. The van der Waals surface area contributed by atoms with E-state index in [-0.39, 0.29) is 11.8 Å². The Morgan fingerprint density at radius 1 is 1.09 bits per heavy atom. The summed E-state index contributed by atoms with van der Waals surface area (Å²) >= 11 is 0. The first-order chi connectivity index (χ1) is 11.1. The summed E-state index contributed by atoms with van der Waals surface area (Å²) in [7, 11) is 0. The fourth-order valence-electron chi connectivity index (χ4n) is 2.98. The van der Waals surface area contributed by atoms with Crippen molar-refractivity contribution in [3.63, 3.8) is 0 Å². The molecule has 0 spiro atoms. The van der Waals surface area contributed by atoms with Crippen LogP contribution in [0.15, 0.2) is 24.3 Å². The zero-order valence-corrected chi connectivity index (χ0v) is 13.8. The molecule has 0 bridgehead atoms. The molecule has 124 valence electrons. The summed E-state index contributed by atoms with van der Waals surface area (Å²) in [5, 5.41) is 2.94. The lowest BCUT2D eigenvalue weighted by Gasteiger charge is -2.21. The van der Waals surface area contributed by atoms with Gasteiger partial charge in [-0.25, -0.2) is 0 Å². The second kappa shape index (κ2) is 7.13. The highest BCUT2D eigenvalue weighted by Crippen LogP contribution is 2.31. The summed E-state index contributed by atoms with van der Waals surface area (Å²) in [6, 6.07) is 7.82. The van der Waals surface area contributed by atoms with Crippen LogP contribution in [0.25, 0.3) is 0 Å². The molecule has 1 N–H and O–H groups in total. The Kier molecular flexibility index (Phi) is 4.96. The number of amides is 2. The fraction of sp³-hybridized carbons (Fsp3) is 0.556. The number of hydrogen-bond acceptors (Lipinski definition) is 3. The number of nitrogens with one attached hydrogen (secondary N) is 1. The lowest BCUT2D eigenvalue weighted by molar-refractivity contribution is -0.132. The van der Waals surface area contributed by atoms with E-state index >= 15 is 0 Å². The summed E-state index contributed by atoms with van der Waals surface area (Å²) in [4.78, 5) is 28.4. The van der Waals surface area contributed by atoms with Crippen LogP contribution in [0, 0.1) is 12.8 Å². The predicted octanol–water partition coefficient (Wildman–Crippen LogP) is 1.88. The van der Waals surface area contributed by atoms with Crippen molar-refractivity contribution in [1.82, 2.24) is 9.80 Å². The summed E-state index contributed by atoms with van der Waals surface area (Å²) < 4.78 is 0. The molecular weight excluding hydrogens is 290 g/mol. The van der Waals surface area contributed by atoms with Gasteiger partial charge >= 0.3 is 0 Å². The van der Waals surface area contributed by atoms with Crippen molar-refractivity contribution in [2.24, 2.45) is 5.92 Å². The summed E-state index contributed by atoms with van der Waals surface area (Å²) in [5.74, 6) is 0.609. The Labute approximate surface area is 137 Å². The topological polar surface area (TPSA) is 52.7 Å². The minimum absolute atomic E-state index is 0.0100. The molecule has 2 amide bonds. The van der Waals surface area contributed by atoms with E-state index in [2.05, 4.69) is 10.2 Å². The highest BCUT2D eigenvalue weighted by molar-refractivity contribution is 5.92. The minimum Gasteiger partial charge on any atom is -0.341 e. The molecule has 0 radical (unpaired) electrons. The standard InChI is InChI=1S/C18H25N3O2/c1-14-3-7-16(8-4-14)19-17(22)13-20-9-2-10-21(12-11-20)18(23)15-5-6-15/h3-4,7-8,15H,2,5-6,9-13H2,1H3,(H,19,22). The van der Waals surface area contributed by atoms with Crippen LogP contribution in [0.2, 0.25) is 0 Å². The lowest BCUT2D eigenvalue weighted by atomic mass is 10.2. The van der Waals surface area contributed by atoms with Crippen LogP contribution in [0.4, 0.5) is 5.69 Å². The van der Waals surface area contributed by atoms with E-state index in [1.165, 1.54) is 5.56 Å². The van der Waals surface area contributed by atoms with Crippen LogP contribution in [0.3, 0.4) is 0 Å². The smallest absolute Gasteiger partial charge is 0.238 e. The molecule has 1 aromatic rings. The Morgan fingerprint density at radius 2 is 1.83 bits per heavy atom. The molecule has 1 saturated heterocycles. The van der Waals surface area contributed by atoms with Crippen molar-refractivity contribution in [3.8, 4) is 0 Å². The van der Waals surface area contributed by atoms with Crippen molar-refractivity contribution < 1.29 is 9.59 Å². The van der Waals surface area contributed by atoms with Crippen molar-refractivity contribution >= 4 is 17.5 Å². The van der Waals surface area contributed by atoms with Gasteiger partial charge in [-0.1, -0.05) is 17.7 Å². The maximum atomic E-state index is 12.2. The molecule has 23 heavy (non-hydrogen) atoms. The second-order valence-corrected chi connectivity index (χ2v) is 6.64. The van der Waals surface area contributed by atoms with E-state index < -0.39 is 0 Å². The molecule has 1 aliphatic heterocycles. The molecule has 2 fully saturated rings. The minimum atomic E-state index is 0.0100. The molecule has 0 unspecified atom stereocenters. The van der Waals surface area contributed by atoms with Crippen molar-refractivity contribution in [1.29, 1.82) is 0 Å². The van der Waals surface area contributed by atoms with Crippen LogP contribution in [-0.4, -0.2) is 54.3 Å². The molecule has 5 nitrogen and oxygen atoms in total. The molecule has 1 heterocycles. The predicted molar refractivity (Wildman–Crippen MR) is 90.2 cm³/mol. The van der Waals surface area contributed by atoms with Gasteiger partial charge in [-0.15, -0.1) is 0 Å². The van der Waals surface area contributed by atoms with Crippen molar-refractivity contribution in [3.05, 3.63) is 29.8 Å². The lowest BCUT2D eigenvalue weighted by Crippen LogP contribution is -2.38.